The van der Waals surface area contributed by atoms with Gasteiger partial charge in [0, 0.05) is 12.6 Å². The second-order valence-electron chi connectivity index (χ2n) is 3.71. The number of rotatable bonds is 0. The highest BCUT2D eigenvalue weighted by Gasteiger charge is 2.44. The summed E-state index contributed by atoms with van der Waals surface area (Å²) in [6, 6.07) is 5.56. The highest BCUT2D eigenvalue weighted by atomic mass is 31.0. The number of hydrogen-bond acceptors (Lipinski definition) is 2. The van der Waals surface area contributed by atoms with Crippen LogP contribution in [-0.2, 0) is 10.4 Å². The van der Waals surface area contributed by atoms with Crippen molar-refractivity contribution in [2.24, 2.45) is 0 Å². The third-order valence-corrected chi connectivity index (χ3v) is 2.99. The molecule has 1 aromatic rings. The van der Waals surface area contributed by atoms with E-state index in [1.165, 1.54) is 11.8 Å². The molecule has 0 fully saturated rings. The van der Waals surface area contributed by atoms with E-state index >= 15 is 0 Å². The monoisotopic (exact) mass is 209 g/mol. The van der Waals surface area contributed by atoms with Gasteiger partial charge >= 0.3 is 0 Å². The van der Waals surface area contributed by atoms with E-state index in [1.807, 2.05) is 18.2 Å². The van der Waals surface area contributed by atoms with Gasteiger partial charge in [-0.2, -0.15) is 0 Å². The van der Waals surface area contributed by atoms with Crippen molar-refractivity contribution in [3.05, 3.63) is 23.8 Å². The van der Waals surface area contributed by atoms with Gasteiger partial charge in [-0.25, -0.2) is 0 Å². The third kappa shape index (κ3) is 1.09. The Morgan fingerprint density at radius 3 is 2.79 bits per heavy atom. The fourth-order valence-corrected chi connectivity index (χ4v) is 2.05. The number of likely N-dealkylation sites (N-methyl/N-ethyl adjacent to an activating group) is 1. The number of carbonyl (C=O) groups is 1. The number of benzene rings is 1. The van der Waals surface area contributed by atoms with Gasteiger partial charge in [-0.15, -0.1) is 9.24 Å². The maximum Gasteiger partial charge on any atom is 0.263 e. The maximum absolute atomic E-state index is 11.7. The molecule has 0 bridgehead atoms. The fraction of sp³-hybridized carbons (Fsp3) is 0.300. The van der Waals surface area contributed by atoms with Gasteiger partial charge in [0.05, 0.1) is 5.69 Å². The van der Waals surface area contributed by atoms with Crippen molar-refractivity contribution in [1.82, 2.24) is 0 Å². The number of hydrogen-bond donors (Lipinski definition) is 1. The third-order valence-electron chi connectivity index (χ3n) is 2.63. The summed E-state index contributed by atoms with van der Waals surface area (Å²) in [5, 5.41) is 11.0. The average molecular weight is 209 g/mol. The minimum absolute atomic E-state index is 0.275. The summed E-state index contributed by atoms with van der Waals surface area (Å²) in [4.78, 5) is 13.1. The van der Waals surface area contributed by atoms with Crippen molar-refractivity contribution in [2.45, 2.75) is 12.5 Å². The van der Waals surface area contributed by atoms with Crippen molar-refractivity contribution in [2.75, 3.05) is 11.9 Å². The highest BCUT2D eigenvalue weighted by Crippen LogP contribution is 2.38. The van der Waals surface area contributed by atoms with Gasteiger partial charge in [-0.3, -0.25) is 4.79 Å². The molecule has 74 valence electrons. The molecule has 14 heavy (non-hydrogen) atoms. The van der Waals surface area contributed by atoms with Crippen molar-refractivity contribution in [3.8, 4) is 0 Å². The molecular weight excluding hydrogens is 197 g/mol. The van der Waals surface area contributed by atoms with Crippen LogP contribution in [-0.4, -0.2) is 18.1 Å². The molecular formula is C10H12NO2P. The average Bonchev–Trinajstić information content (AvgIpc) is 2.29. The first-order chi connectivity index (χ1) is 6.44. The SMILES string of the molecule is CN1C(=O)C(C)(O)c2cc(P)ccc21. The Hall–Kier alpha value is -0.920. The lowest BCUT2D eigenvalue weighted by Crippen LogP contribution is -2.35. The molecule has 1 amide bonds. The molecule has 3 nitrogen and oxygen atoms in total. The molecule has 2 rings (SSSR count). The van der Waals surface area contributed by atoms with Gasteiger partial charge in [-0.1, -0.05) is 6.07 Å². The van der Waals surface area contributed by atoms with Gasteiger partial charge < -0.3 is 10.0 Å². The minimum atomic E-state index is -1.38. The number of anilines is 1. The Morgan fingerprint density at radius 2 is 2.14 bits per heavy atom. The van der Waals surface area contributed by atoms with Gasteiger partial charge in [0.25, 0.3) is 5.91 Å². The fourth-order valence-electron chi connectivity index (χ4n) is 1.79. The summed E-state index contributed by atoms with van der Waals surface area (Å²) >= 11 is 0. The Balaban J connectivity index is 2.69. The zero-order valence-corrected chi connectivity index (χ0v) is 9.27. The Kier molecular flexibility index (Phi) is 1.91. The van der Waals surface area contributed by atoms with Crippen molar-refractivity contribution in [3.63, 3.8) is 0 Å². The lowest BCUT2D eigenvalue weighted by molar-refractivity contribution is -0.133. The van der Waals surface area contributed by atoms with Crippen LogP contribution in [0.5, 0.6) is 0 Å². The van der Waals surface area contributed by atoms with Gasteiger partial charge in [0.2, 0.25) is 0 Å². The van der Waals surface area contributed by atoms with E-state index < -0.39 is 5.60 Å². The molecule has 4 heteroatoms. The van der Waals surface area contributed by atoms with Crippen LogP contribution in [0.1, 0.15) is 12.5 Å². The molecule has 1 aliphatic heterocycles. The molecule has 0 spiro atoms. The number of fused-ring (bicyclic) bond motifs is 1. The summed E-state index contributed by atoms with van der Waals surface area (Å²) in [6.45, 7) is 1.53. The summed E-state index contributed by atoms with van der Waals surface area (Å²) in [5.41, 5.74) is 0.0834. The van der Waals surface area contributed by atoms with E-state index in [0.717, 1.165) is 11.0 Å². The van der Waals surface area contributed by atoms with E-state index in [1.54, 1.807) is 7.05 Å². The van der Waals surface area contributed by atoms with Gasteiger partial charge in [-0.05, 0) is 24.4 Å². The lowest BCUT2D eigenvalue weighted by atomic mass is 9.98. The Bertz CT molecular complexity index is 415. The zero-order chi connectivity index (χ0) is 10.5. The van der Waals surface area contributed by atoms with Crippen LogP contribution in [0.4, 0.5) is 5.69 Å². The first-order valence-corrected chi connectivity index (χ1v) is 4.93. The quantitative estimate of drug-likeness (QED) is 0.627. The largest absolute Gasteiger partial charge is 0.375 e. The van der Waals surface area contributed by atoms with Crippen LogP contribution >= 0.6 is 9.24 Å². The van der Waals surface area contributed by atoms with Crippen LogP contribution in [0.3, 0.4) is 0 Å². The predicted molar refractivity (Wildman–Crippen MR) is 58.8 cm³/mol. The minimum Gasteiger partial charge on any atom is -0.375 e. The highest BCUT2D eigenvalue weighted by molar-refractivity contribution is 7.27. The van der Waals surface area contributed by atoms with E-state index in [0.29, 0.717) is 5.56 Å². The summed E-state index contributed by atoms with van der Waals surface area (Å²) in [5.74, 6) is -0.275. The number of nitrogens with zero attached hydrogens (tertiary/aromatic N) is 1. The van der Waals surface area contributed by atoms with Crippen LogP contribution in [0.15, 0.2) is 18.2 Å². The normalized spacial score (nSPS) is 25.4. The second kappa shape index (κ2) is 2.78. The summed E-state index contributed by atoms with van der Waals surface area (Å²) < 4.78 is 0. The number of aliphatic hydroxyl groups is 1. The van der Waals surface area contributed by atoms with E-state index in [4.69, 9.17) is 0 Å². The van der Waals surface area contributed by atoms with Gasteiger partial charge in [0.1, 0.15) is 0 Å². The molecule has 2 unspecified atom stereocenters. The number of amides is 1. The van der Waals surface area contributed by atoms with Gasteiger partial charge in [0.15, 0.2) is 5.60 Å². The van der Waals surface area contributed by atoms with E-state index in [2.05, 4.69) is 9.24 Å². The Morgan fingerprint density at radius 1 is 1.50 bits per heavy atom. The molecule has 1 aromatic carbocycles. The molecule has 2 atom stereocenters. The van der Waals surface area contributed by atoms with Crippen molar-refractivity contribution >= 4 is 26.1 Å². The van der Waals surface area contributed by atoms with Crippen LogP contribution in [0.25, 0.3) is 0 Å². The van der Waals surface area contributed by atoms with Crippen LogP contribution in [0.2, 0.25) is 0 Å². The van der Waals surface area contributed by atoms with E-state index in [-0.39, 0.29) is 5.91 Å². The maximum atomic E-state index is 11.7. The molecule has 0 saturated carbocycles. The van der Waals surface area contributed by atoms with Crippen molar-refractivity contribution in [1.29, 1.82) is 0 Å². The molecule has 0 aliphatic carbocycles. The molecule has 0 saturated heterocycles. The summed E-state index contributed by atoms with van der Waals surface area (Å²) in [6.07, 6.45) is 0. The first-order valence-electron chi connectivity index (χ1n) is 4.35. The van der Waals surface area contributed by atoms with Crippen molar-refractivity contribution < 1.29 is 9.90 Å². The lowest BCUT2D eigenvalue weighted by Gasteiger charge is -2.15. The smallest absolute Gasteiger partial charge is 0.263 e. The molecule has 1 N–H and O–H groups in total. The molecule has 1 aliphatic rings. The van der Waals surface area contributed by atoms with Crippen LogP contribution < -0.4 is 10.2 Å². The Labute approximate surface area is 84.9 Å². The zero-order valence-electron chi connectivity index (χ0n) is 8.11. The summed E-state index contributed by atoms with van der Waals surface area (Å²) in [7, 11) is 4.23. The first kappa shape index (κ1) is 9.63. The van der Waals surface area contributed by atoms with E-state index in [9.17, 15) is 9.90 Å². The predicted octanol–water partition coefficient (Wildman–Crippen LogP) is 0.371. The standard InChI is InChI=1S/C10H12NO2P/c1-10(13)7-5-6(14)3-4-8(7)11(2)9(10)12/h3-5,13H,14H2,1-2H3. The molecule has 0 radical (unpaired) electrons. The van der Waals surface area contributed by atoms with Crippen LogP contribution in [0, 0.1) is 0 Å². The second-order valence-corrected chi connectivity index (χ2v) is 4.38. The number of carbonyl (C=O) groups excluding carboxylic acids is 1. The molecule has 1 heterocycles. The molecule has 0 aromatic heterocycles. The topological polar surface area (TPSA) is 40.5 Å².